The van der Waals surface area contributed by atoms with Crippen molar-refractivity contribution in [2.75, 3.05) is 6.61 Å². The molecule has 2 heteroatoms. The topological polar surface area (TPSA) is 26.3 Å². The van der Waals surface area contributed by atoms with E-state index in [2.05, 4.69) is 6.07 Å². The van der Waals surface area contributed by atoms with Gasteiger partial charge in [0.1, 0.15) is 0 Å². The first-order valence-corrected chi connectivity index (χ1v) is 5.08. The Kier molecular flexibility index (Phi) is 2.53. The Balaban J connectivity index is 2.16. The van der Waals surface area contributed by atoms with Crippen molar-refractivity contribution >= 4 is 5.97 Å². The summed E-state index contributed by atoms with van der Waals surface area (Å²) in [6, 6.07) is 7.78. The maximum absolute atomic E-state index is 11.4. The van der Waals surface area contributed by atoms with Gasteiger partial charge >= 0.3 is 5.97 Å². The number of hydrogen-bond donors (Lipinski definition) is 0. The van der Waals surface area contributed by atoms with Gasteiger partial charge in [-0.15, -0.1) is 0 Å². The summed E-state index contributed by atoms with van der Waals surface area (Å²) in [5.74, 6) is 0.472. The summed E-state index contributed by atoms with van der Waals surface area (Å²) < 4.78 is 4.94. The Bertz CT molecular complexity index is 340. The molecule has 1 aliphatic carbocycles. The Morgan fingerprint density at radius 3 is 2.93 bits per heavy atom. The summed E-state index contributed by atoms with van der Waals surface area (Å²) in [6.45, 7) is 2.26. The zero-order valence-corrected chi connectivity index (χ0v) is 8.32. The van der Waals surface area contributed by atoms with Crippen molar-refractivity contribution in [1.29, 1.82) is 0 Å². The molecule has 0 atom stereocenters. The fourth-order valence-electron chi connectivity index (χ4n) is 1.55. The summed E-state index contributed by atoms with van der Waals surface area (Å²) in [6.07, 6.45) is 2.51. The Labute approximate surface area is 83.9 Å². The van der Waals surface area contributed by atoms with Gasteiger partial charge in [-0.25, -0.2) is 4.79 Å². The molecular formula is C12H14O2. The van der Waals surface area contributed by atoms with Gasteiger partial charge in [0.25, 0.3) is 0 Å². The summed E-state index contributed by atoms with van der Waals surface area (Å²) >= 11 is 0. The van der Waals surface area contributed by atoms with Crippen LogP contribution in [0.25, 0.3) is 0 Å². The molecule has 0 heterocycles. The number of carbonyl (C=O) groups excluding carboxylic acids is 1. The van der Waals surface area contributed by atoms with E-state index in [1.807, 2.05) is 25.1 Å². The van der Waals surface area contributed by atoms with E-state index in [0.29, 0.717) is 18.1 Å². The lowest BCUT2D eigenvalue weighted by atomic mass is 10.1. The van der Waals surface area contributed by atoms with Crippen molar-refractivity contribution in [1.82, 2.24) is 0 Å². The van der Waals surface area contributed by atoms with Crippen molar-refractivity contribution in [3.05, 3.63) is 35.4 Å². The first-order valence-electron chi connectivity index (χ1n) is 5.08. The van der Waals surface area contributed by atoms with Crippen LogP contribution in [0.2, 0.25) is 0 Å². The second kappa shape index (κ2) is 3.82. The van der Waals surface area contributed by atoms with Crippen molar-refractivity contribution in [3.8, 4) is 0 Å². The second-order valence-corrected chi connectivity index (χ2v) is 3.62. The molecule has 0 saturated heterocycles. The van der Waals surface area contributed by atoms with Crippen molar-refractivity contribution in [3.63, 3.8) is 0 Å². The average molecular weight is 190 g/mol. The van der Waals surface area contributed by atoms with Crippen LogP contribution in [-0.2, 0) is 4.74 Å². The summed E-state index contributed by atoms with van der Waals surface area (Å²) in [5.41, 5.74) is 1.95. The molecule has 0 N–H and O–H groups in total. The van der Waals surface area contributed by atoms with Crippen LogP contribution in [0.5, 0.6) is 0 Å². The molecule has 2 nitrogen and oxygen atoms in total. The first-order chi connectivity index (χ1) is 6.81. The zero-order chi connectivity index (χ0) is 9.97. The van der Waals surface area contributed by atoms with Gasteiger partial charge in [0, 0.05) is 0 Å². The monoisotopic (exact) mass is 190 g/mol. The molecule has 14 heavy (non-hydrogen) atoms. The largest absolute Gasteiger partial charge is 0.462 e. The lowest BCUT2D eigenvalue weighted by Crippen LogP contribution is -2.04. The number of carbonyl (C=O) groups is 1. The zero-order valence-electron chi connectivity index (χ0n) is 8.32. The van der Waals surface area contributed by atoms with Crippen LogP contribution in [0.15, 0.2) is 24.3 Å². The summed E-state index contributed by atoms with van der Waals surface area (Å²) in [5, 5.41) is 0. The minimum Gasteiger partial charge on any atom is -0.462 e. The highest BCUT2D eigenvalue weighted by Gasteiger charge is 2.24. The number of ether oxygens (including phenoxy) is 1. The van der Waals surface area contributed by atoms with E-state index in [1.165, 1.54) is 18.4 Å². The lowest BCUT2D eigenvalue weighted by Gasteiger charge is -2.03. The molecule has 0 unspecified atom stereocenters. The van der Waals surface area contributed by atoms with E-state index in [9.17, 15) is 4.79 Å². The Hall–Kier alpha value is -1.31. The van der Waals surface area contributed by atoms with Gasteiger partial charge in [0.2, 0.25) is 0 Å². The lowest BCUT2D eigenvalue weighted by molar-refractivity contribution is 0.0526. The predicted molar refractivity (Wildman–Crippen MR) is 54.4 cm³/mol. The fourth-order valence-corrected chi connectivity index (χ4v) is 1.55. The summed E-state index contributed by atoms with van der Waals surface area (Å²) in [4.78, 5) is 11.4. The molecule has 0 aromatic heterocycles. The SMILES string of the molecule is CCOC(=O)c1cccc(C2CC2)c1. The van der Waals surface area contributed by atoms with Crippen LogP contribution in [-0.4, -0.2) is 12.6 Å². The predicted octanol–water partition coefficient (Wildman–Crippen LogP) is 2.74. The number of hydrogen-bond acceptors (Lipinski definition) is 2. The van der Waals surface area contributed by atoms with E-state index in [0.717, 1.165) is 0 Å². The minimum absolute atomic E-state index is 0.213. The fraction of sp³-hybridized carbons (Fsp3) is 0.417. The molecule has 74 valence electrons. The molecule has 1 aromatic rings. The average Bonchev–Trinajstić information content (AvgIpc) is 3.02. The number of esters is 1. The van der Waals surface area contributed by atoms with Crippen molar-refractivity contribution in [2.24, 2.45) is 0 Å². The quantitative estimate of drug-likeness (QED) is 0.685. The minimum atomic E-state index is -0.213. The molecule has 2 rings (SSSR count). The molecule has 0 aliphatic heterocycles. The van der Waals surface area contributed by atoms with E-state index < -0.39 is 0 Å². The highest BCUT2D eigenvalue weighted by Crippen LogP contribution is 2.40. The molecule has 0 spiro atoms. The first kappa shape index (κ1) is 9.25. The Morgan fingerprint density at radius 1 is 1.50 bits per heavy atom. The summed E-state index contributed by atoms with van der Waals surface area (Å²) in [7, 11) is 0. The van der Waals surface area contributed by atoms with E-state index in [-0.39, 0.29) is 5.97 Å². The molecule has 1 aliphatic rings. The van der Waals surface area contributed by atoms with Gasteiger partial charge < -0.3 is 4.74 Å². The van der Waals surface area contributed by atoms with Gasteiger partial charge in [-0.3, -0.25) is 0 Å². The second-order valence-electron chi connectivity index (χ2n) is 3.62. The number of benzene rings is 1. The van der Waals surface area contributed by atoms with Crippen LogP contribution in [0.4, 0.5) is 0 Å². The van der Waals surface area contributed by atoms with Crippen LogP contribution in [0, 0.1) is 0 Å². The third-order valence-corrected chi connectivity index (χ3v) is 2.45. The van der Waals surface area contributed by atoms with Crippen LogP contribution >= 0.6 is 0 Å². The molecule has 0 bridgehead atoms. The molecular weight excluding hydrogens is 176 g/mol. The molecule has 0 amide bonds. The van der Waals surface area contributed by atoms with Crippen LogP contribution < -0.4 is 0 Å². The van der Waals surface area contributed by atoms with Gasteiger partial charge in [-0.2, -0.15) is 0 Å². The third-order valence-electron chi connectivity index (χ3n) is 2.45. The van der Waals surface area contributed by atoms with E-state index in [1.54, 1.807) is 0 Å². The molecule has 1 aromatic carbocycles. The molecule has 0 radical (unpaired) electrons. The maximum Gasteiger partial charge on any atom is 0.338 e. The van der Waals surface area contributed by atoms with Crippen LogP contribution in [0.1, 0.15) is 41.6 Å². The molecule has 1 saturated carbocycles. The van der Waals surface area contributed by atoms with Crippen LogP contribution in [0.3, 0.4) is 0 Å². The third kappa shape index (κ3) is 1.95. The molecule has 1 fully saturated rings. The van der Waals surface area contributed by atoms with Crippen molar-refractivity contribution in [2.45, 2.75) is 25.7 Å². The van der Waals surface area contributed by atoms with Gasteiger partial charge in [0.15, 0.2) is 0 Å². The smallest absolute Gasteiger partial charge is 0.338 e. The highest BCUT2D eigenvalue weighted by atomic mass is 16.5. The van der Waals surface area contributed by atoms with Gasteiger partial charge in [-0.05, 0) is 43.4 Å². The number of rotatable bonds is 3. The maximum atomic E-state index is 11.4. The normalized spacial score (nSPS) is 15.2. The van der Waals surface area contributed by atoms with Crippen molar-refractivity contribution < 1.29 is 9.53 Å². The standard InChI is InChI=1S/C12H14O2/c1-2-14-12(13)11-5-3-4-10(8-11)9-6-7-9/h3-5,8-9H,2,6-7H2,1H3. The van der Waals surface area contributed by atoms with E-state index >= 15 is 0 Å². The Morgan fingerprint density at radius 2 is 2.29 bits per heavy atom. The van der Waals surface area contributed by atoms with E-state index in [4.69, 9.17) is 4.74 Å². The highest BCUT2D eigenvalue weighted by molar-refractivity contribution is 5.89. The van der Waals surface area contributed by atoms with Gasteiger partial charge in [-0.1, -0.05) is 12.1 Å². The van der Waals surface area contributed by atoms with Gasteiger partial charge in [0.05, 0.1) is 12.2 Å².